The van der Waals surface area contributed by atoms with Crippen molar-refractivity contribution in [3.8, 4) is 0 Å². The van der Waals surface area contributed by atoms with Crippen molar-refractivity contribution >= 4 is 28.3 Å². The van der Waals surface area contributed by atoms with Crippen molar-refractivity contribution < 1.29 is 9.53 Å². The van der Waals surface area contributed by atoms with Crippen LogP contribution in [0.1, 0.15) is 23.0 Å². The van der Waals surface area contributed by atoms with Gasteiger partial charge in [-0.05, 0) is 25.1 Å². The van der Waals surface area contributed by atoms with Crippen LogP contribution in [0, 0.1) is 0 Å². The molecule has 7 heteroatoms. The number of rotatable bonds is 3. The lowest BCUT2D eigenvalue weighted by Gasteiger charge is -2.34. The monoisotopic (exact) mass is 337 g/mol. The maximum atomic E-state index is 12.1. The first kappa shape index (κ1) is 15.7. The van der Waals surface area contributed by atoms with Gasteiger partial charge in [0, 0.05) is 18.1 Å². The highest BCUT2D eigenvalue weighted by Crippen LogP contribution is 2.27. The summed E-state index contributed by atoms with van der Waals surface area (Å²) in [6, 6.07) is 3.71. The van der Waals surface area contributed by atoms with Gasteiger partial charge < -0.3 is 15.4 Å². The van der Waals surface area contributed by atoms with Gasteiger partial charge in [0.15, 0.2) is 0 Å². The fourth-order valence-electron chi connectivity index (χ4n) is 3.27. The maximum absolute atomic E-state index is 12.1. The molecule has 25 heavy (non-hydrogen) atoms. The lowest BCUT2D eigenvalue weighted by molar-refractivity contribution is 0.0984. The number of allylic oxidation sites excluding steroid dienone is 1. The molecule has 1 saturated heterocycles. The van der Waals surface area contributed by atoms with Crippen molar-refractivity contribution in [1.29, 1.82) is 0 Å². The van der Waals surface area contributed by atoms with Crippen molar-refractivity contribution in [3.05, 3.63) is 41.7 Å². The number of morpholine rings is 1. The number of nitrogens with zero attached hydrogens (tertiary/aromatic N) is 4. The fourth-order valence-corrected chi connectivity index (χ4v) is 3.27. The third-order valence-electron chi connectivity index (χ3n) is 4.53. The SMILES string of the molecule is C[C@@H]1COCCN1c1cc(C(N)=O)c2ccnc(C3=NCC=C3)c2n1. The molecule has 2 N–H and O–H groups in total. The van der Waals surface area contributed by atoms with Gasteiger partial charge in [-0.1, -0.05) is 6.08 Å². The Morgan fingerprint density at radius 2 is 2.32 bits per heavy atom. The van der Waals surface area contributed by atoms with E-state index in [4.69, 9.17) is 15.5 Å². The molecule has 0 aliphatic carbocycles. The molecule has 1 amide bonds. The standard InChI is InChI=1S/C18H19N5O2/c1-11-10-25-8-7-23(11)15-9-13(18(19)24)12-4-6-21-17(16(12)22-15)14-3-2-5-20-14/h2-4,6,9,11H,5,7-8,10H2,1H3,(H2,19,24)/t11-/m1/s1. The van der Waals surface area contributed by atoms with Crippen molar-refractivity contribution in [2.45, 2.75) is 13.0 Å². The Hall–Kier alpha value is -2.80. The van der Waals surface area contributed by atoms with E-state index in [1.165, 1.54) is 0 Å². The van der Waals surface area contributed by atoms with Crippen LogP contribution in [0.5, 0.6) is 0 Å². The van der Waals surface area contributed by atoms with E-state index < -0.39 is 5.91 Å². The summed E-state index contributed by atoms with van der Waals surface area (Å²) in [6.07, 6.45) is 5.56. The van der Waals surface area contributed by atoms with Crippen molar-refractivity contribution in [1.82, 2.24) is 9.97 Å². The number of nitrogens with two attached hydrogens (primary N) is 1. The van der Waals surface area contributed by atoms with Crippen LogP contribution in [0.2, 0.25) is 0 Å². The molecule has 0 bridgehead atoms. The predicted octanol–water partition coefficient (Wildman–Crippen LogP) is 1.31. The zero-order valence-electron chi connectivity index (χ0n) is 14.0. The highest BCUT2D eigenvalue weighted by Gasteiger charge is 2.24. The van der Waals surface area contributed by atoms with E-state index in [9.17, 15) is 4.79 Å². The molecule has 1 atom stereocenters. The molecule has 2 aromatic heterocycles. The number of amides is 1. The molecule has 2 aliphatic rings. The van der Waals surface area contributed by atoms with Gasteiger partial charge >= 0.3 is 0 Å². The van der Waals surface area contributed by atoms with Crippen LogP contribution in [0.4, 0.5) is 5.82 Å². The fraction of sp³-hybridized carbons (Fsp3) is 0.333. The minimum Gasteiger partial charge on any atom is -0.377 e. The van der Waals surface area contributed by atoms with Crippen LogP contribution in [-0.2, 0) is 4.74 Å². The molecule has 0 saturated carbocycles. The topological polar surface area (TPSA) is 93.7 Å². The zero-order valence-corrected chi connectivity index (χ0v) is 14.0. The molecule has 1 fully saturated rings. The molecule has 7 nitrogen and oxygen atoms in total. The lowest BCUT2D eigenvalue weighted by Crippen LogP contribution is -2.44. The Morgan fingerprint density at radius 3 is 3.04 bits per heavy atom. The van der Waals surface area contributed by atoms with Gasteiger partial charge in [0.2, 0.25) is 5.91 Å². The Kier molecular flexibility index (Phi) is 3.93. The van der Waals surface area contributed by atoms with E-state index >= 15 is 0 Å². The Morgan fingerprint density at radius 1 is 1.44 bits per heavy atom. The van der Waals surface area contributed by atoms with E-state index in [1.54, 1.807) is 18.3 Å². The molecule has 0 unspecified atom stereocenters. The first-order valence-electron chi connectivity index (χ1n) is 8.30. The highest BCUT2D eigenvalue weighted by molar-refractivity contribution is 6.17. The number of fused-ring (bicyclic) bond motifs is 1. The molecule has 4 rings (SSSR count). The summed E-state index contributed by atoms with van der Waals surface area (Å²) >= 11 is 0. The summed E-state index contributed by atoms with van der Waals surface area (Å²) in [5, 5.41) is 0.699. The smallest absolute Gasteiger partial charge is 0.249 e. The van der Waals surface area contributed by atoms with Gasteiger partial charge in [0.25, 0.3) is 0 Å². The quantitative estimate of drug-likeness (QED) is 0.911. The Balaban J connectivity index is 1.94. The number of aromatic nitrogens is 2. The van der Waals surface area contributed by atoms with Crippen LogP contribution >= 0.6 is 0 Å². The minimum atomic E-state index is -0.476. The van der Waals surface area contributed by atoms with E-state index in [2.05, 4.69) is 21.8 Å². The normalized spacial score (nSPS) is 20.1. The molecular weight excluding hydrogens is 318 g/mol. The van der Waals surface area contributed by atoms with Gasteiger partial charge in [-0.15, -0.1) is 0 Å². The number of primary amides is 1. The van der Waals surface area contributed by atoms with Gasteiger partial charge in [-0.2, -0.15) is 0 Å². The number of aliphatic imine (C=N–C) groups is 1. The van der Waals surface area contributed by atoms with E-state index in [1.807, 2.05) is 12.2 Å². The van der Waals surface area contributed by atoms with Crippen LogP contribution in [0.25, 0.3) is 10.9 Å². The second-order valence-corrected chi connectivity index (χ2v) is 6.19. The van der Waals surface area contributed by atoms with Crippen molar-refractivity contribution in [3.63, 3.8) is 0 Å². The average Bonchev–Trinajstić information content (AvgIpc) is 3.15. The number of anilines is 1. The minimum absolute atomic E-state index is 0.170. The first-order valence-corrected chi connectivity index (χ1v) is 8.30. The van der Waals surface area contributed by atoms with Gasteiger partial charge in [-0.25, -0.2) is 4.98 Å². The number of hydrogen-bond donors (Lipinski definition) is 1. The van der Waals surface area contributed by atoms with E-state index in [-0.39, 0.29) is 6.04 Å². The van der Waals surface area contributed by atoms with E-state index in [0.717, 1.165) is 5.71 Å². The summed E-state index contributed by atoms with van der Waals surface area (Å²) in [4.78, 5) is 27.9. The second kappa shape index (κ2) is 6.25. The third-order valence-corrected chi connectivity index (χ3v) is 4.53. The van der Waals surface area contributed by atoms with Crippen molar-refractivity contribution in [2.24, 2.45) is 10.7 Å². The molecule has 0 spiro atoms. The molecule has 2 aliphatic heterocycles. The van der Waals surface area contributed by atoms with Gasteiger partial charge in [-0.3, -0.25) is 14.8 Å². The van der Waals surface area contributed by atoms with Crippen LogP contribution in [-0.4, -0.2) is 53.9 Å². The Bertz CT molecular complexity index is 906. The van der Waals surface area contributed by atoms with Crippen LogP contribution < -0.4 is 10.6 Å². The molecule has 4 heterocycles. The van der Waals surface area contributed by atoms with Crippen LogP contribution in [0.3, 0.4) is 0 Å². The largest absolute Gasteiger partial charge is 0.377 e. The summed E-state index contributed by atoms with van der Waals surface area (Å²) in [6.45, 7) is 4.68. The zero-order chi connectivity index (χ0) is 17.4. The summed E-state index contributed by atoms with van der Waals surface area (Å²) in [5.74, 6) is 0.240. The number of pyridine rings is 2. The molecule has 128 valence electrons. The molecule has 0 radical (unpaired) electrons. The third kappa shape index (κ3) is 2.76. The lowest BCUT2D eigenvalue weighted by atomic mass is 10.1. The Labute approximate surface area is 145 Å². The average molecular weight is 337 g/mol. The summed E-state index contributed by atoms with van der Waals surface area (Å²) in [7, 11) is 0. The number of carbonyl (C=O) groups is 1. The summed E-state index contributed by atoms with van der Waals surface area (Å²) in [5.41, 5.74) is 8.20. The van der Waals surface area contributed by atoms with Gasteiger partial charge in [0.05, 0.1) is 37.1 Å². The number of ether oxygens (including phenoxy) is 1. The van der Waals surface area contributed by atoms with Gasteiger partial charge in [0.1, 0.15) is 17.0 Å². The summed E-state index contributed by atoms with van der Waals surface area (Å²) < 4.78 is 5.50. The molecule has 2 aromatic rings. The second-order valence-electron chi connectivity index (χ2n) is 6.19. The first-order chi connectivity index (χ1) is 12.1. The van der Waals surface area contributed by atoms with Crippen molar-refractivity contribution in [2.75, 3.05) is 31.2 Å². The predicted molar refractivity (Wildman–Crippen MR) is 96.2 cm³/mol. The van der Waals surface area contributed by atoms with Crippen LogP contribution in [0.15, 0.2) is 35.5 Å². The number of carbonyl (C=O) groups excluding carboxylic acids is 1. The molecule has 0 aromatic carbocycles. The maximum Gasteiger partial charge on any atom is 0.249 e. The highest BCUT2D eigenvalue weighted by atomic mass is 16.5. The number of hydrogen-bond acceptors (Lipinski definition) is 6. The van der Waals surface area contributed by atoms with E-state index in [0.29, 0.717) is 54.3 Å². The molecular formula is C18H19N5O2.